The van der Waals surface area contributed by atoms with Crippen LogP contribution in [0, 0.1) is 12.7 Å². The number of pyridine rings is 2. The number of benzene rings is 1. The molecule has 0 aliphatic carbocycles. The fraction of sp³-hybridized carbons (Fsp3) is 0.115. The summed E-state index contributed by atoms with van der Waals surface area (Å²) in [6.45, 7) is 4.77. The zero-order valence-electron chi connectivity index (χ0n) is 18.4. The van der Waals surface area contributed by atoms with Gasteiger partial charge in [0.15, 0.2) is 0 Å². The Morgan fingerprint density at radius 3 is 2.61 bits per heavy atom. The van der Waals surface area contributed by atoms with Crippen LogP contribution in [0.4, 0.5) is 8.78 Å². The molecule has 7 heteroatoms. The van der Waals surface area contributed by atoms with E-state index in [1.807, 2.05) is 22.7 Å². The zero-order chi connectivity index (χ0) is 23.5. The van der Waals surface area contributed by atoms with Crippen LogP contribution < -0.4 is 5.32 Å². The van der Waals surface area contributed by atoms with Gasteiger partial charge >= 0.3 is 0 Å². The van der Waals surface area contributed by atoms with E-state index in [2.05, 4.69) is 15.3 Å². The number of rotatable bonds is 5. The molecule has 3 heterocycles. The summed E-state index contributed by atoms with van der Waals surface area (Å²) in [5.74, 6) is -0.405. The van der Waals surface area contributed by atoms with Crippen LogP contribution in [0.3, 0.4) is 0 Å². The number of imidazole rings is 1. The van der Waals surface area contributed by atoms with Crippen molar-refractivity contribution in [2.45, 2.75) is 20.8 Å². The molecule has 0 unspecified atom stereocenters. The maximum Gasteiger partial charge on any atom is 0.257 e. The summed E-state index contributed by atoms with van der Waals surface area (Å²) in [4.78, 5) is 21.7. The van der Waals surface area contributed by atoms with Gasteiger partial charge in [0, 0.05) is 34.8 Å². The van der Waals surface area contributed by atoms with Gasteiger partial charge in [0.2, 0.25) is 0 Å². The number of allylic oxidation sites excluding steroid dienone is 4. The summed E-state index contributed by atoms with van der Waals surface area (Å²) in [7, 11) is 0. The Labute approximate surface area is 190 Å². The second-order valence-corrected chi connectivity index (χ2v) is 7.68. The molecule has 0 saturated carbocycles. The van der Waals surface area contributed by atoms with Crippen molar-refractivity contribution in [1.29, 1.82) is 0 Å². The van der Waals surface area contributed by atoms with Crippen molar-refractivity contribution in [3.05, 3.63) is 102 Å². The molecule has 5 nitrogen and oxygen atoms in total. The summed E-state index contributed by atoms with van der Waals surface area (Å²) in [6, 6.07) is 11.8. The fourth-order valence-corrected chi connectivity index (χ4v) is 3.55. The number of aromatic nitrogens is 3. The Kier molecular flexibility index (Phi) is 6.13. The molecule has 0 spiro atoms. The minimum atomic E-state index is -0.352. The van der Waals surface area contributed by atoms with E-state index in [1.54, 1.807) is 44.4 Å². The van der Waals surface area contributed by atoms with Crippen molar-refractivity contribution in [3.63, 3.8) is 0 Å². The first-order valence-corrected chi connectivity index (χ1v) is 10.3. The van der Waals surface area contributed by atoms with Gasteiger partial charge in [0.05, 0.1) is 28.8 Å². The normalized spacial score (nSPS) is 12.3. The lowest BCUT2D eigenvalue weighted by Crippen LogP contribution is -2.22. The van der Waals surface area contributed by atoms with Crippen LogP contribution in [-0.4, -0.2) is 20.3 Å². The molecule has 33 heavy (non-hydrogen) atoms. The smallest absolute Gasteiger partial charge is 0.257 e. The summed E-state index contributed by atoms with van der Waals surface area (Å²) in [5, 5.41) is 2.76. The zero-order valence-corrected chi connectivity index (χ0v) is 18.4. The summed E-state index contributed by atoms with van der Waals surface area (Å²) in [6.07, 6.45) is 8.06. The molecule has 1 N–H and O–H groups in total. The lowest BCUT2D eigenvalue weighted by atomic mass is 10.0. The standard InChI is InChI=1S/C26H22F2N4O/c1-16(27)9-10-17(2)31-26(33)23-13-20(14-29-18(23)3)22-8-5-11-32-24(22)15-30-25(32)19-6-4-7-21(28)12-19/h4-15H,1-3H3,(H,31,33)/b16-9+,17-10+. The van der Waals surface area contributed by atoms with E-state index in [0.29, 0.717) is 28.3 Å². The second-order valence-electron chi connectivity index (χ2n) is 7.68. The molecule has 0 saturated heterocycles. The van der Waals surface area contributed by atoms with Crippen LogP contribution in [0.15, 0.2) is 84.7 Å². The van der Waals surface area contributed by atoms with Crippen molar-refractivity contribution in [3.8, 4) is 22.5 Å². The third-order valence-electron chi connectivity index (χ3n) is 5.17. The molecule has 1 aromatic carbocycles. The number of nitrogens with zero attached hydrogens (tertiary/aromatic N) is 3. The second kappa shape index (κ2) is 9.16. The topological polar surface area (TPSA) is 59.3 Å². The largest absolute Gasteiger partial charge is 0.326 e. The Morgan fingerprint density at radius 2 is 1.85 bits per heavy atom. The Balaban J connectivity index is 1.73. The predicted molar refractivity (Wildman–Crippen MR) is 125 cm³/mol. The van der Waals surface area contributed by atoms with Gasteiger partial charge < -0.3 is 5.32 Å². The molecule has 0 fully saturated rings. The van der Waals surface area contributed by atoms with Crippen LogP contribution in [0.1, 0.15) is 29.9 Å². The average Bonchev–Trinajstić information content (AvgIpc) is 3.22. The number of halogens is 2. The lowest BCUT2D eigenvalue weighted by Gasteiger charge is -2.11. The molecule has 0 bridgehead atoms. The minimum absolute atomic E-state index is 0.332. The van der Waals surface area contributed by atoms with Gasteiger partial charge in [-0.3, -0.25) is 14.2 Å². The highest BCUT2D eigenvalue weighted by Crippen LogP contribution is 2.29. The Bertz CT molecular complexity index is 1420. The third-order valence-corrected chi connectivity index (χ3v) is 5.17. The molecule has 0 aliphatic rings. The van der Waals surface area contributed by atoms with Gasteiger partial charge in [-0.2, -0.15) is 0 Å². The number of carbonyl (C=O) groups excluding carboxylic acids is 1. The summed E-state index contributed by atoms with van der Waals surface area (Å²) in [5.41, 5.74) is 4.53. The maximum absolute atomic E-state index is 13.7. The quantitative estimate of drug-likeness (QED) is 0.383. The first-order valence-electron chi connectivity index (χ1n) is 10.3. The Morgan fingerprint density at radius 1 is 1.03 bits per heavy atom. The average molecular weight is 444 g/mol. The van der Waals surface area contributed by atoms with E-state index in [1.165, 1.54) is 31.2 Å². The van der Waals surface area contributed by atoms with E-state index < -0.39 is 0 Å². The van der Waals surface area contributed by atoms with Gasteiger partial charge in [0.25, 0.3) is 5.91 Å². The number of amides is 1. The molecule has 1 amide bonds. The van der Waals surface area contributed by atoms with E-state index in [0.717, 1.165) is 16.6 Å². The van der Waals surface area contributed by atoms with Crippen molar-refractivity contribution in [2.24, 2.45) is 0 Å². The minimum Gasteiger partial charge on any atom is -0.326 e. The van der Waals surface area contributed by atoms with Crippen LogP contribution in [-0.2, 0) is 0 Å². The molecule has 0 atom stereocenters. The molecule has 4 rings (SSSR count). The van der Waals surface area contributed by atoms with Crippen LogP contribution in [0.5, 0.6) is 0 Å². The molecule has 0 aliphatic heterocycles. The van der Waals surface area contributed by atoms with Gasteiger partial charge in [0.1, 0.15) is 11.6 Å². The number of aryl methyl sites for hydroxylation is 1. The number of nitrogens with one attached hydrogen (secondary N) is 1. The van der Waals surface area contributed by atoms with Crippen LogP contribution in [0.25, 0.3) is 28.0 Å². The van der Waals surface area contributed by atoms with Crippen molar-refractivity contribution < 1.29 is 13.6 Å². The summed E-state index contributed by atoms with van der Waals surface area (Å²) >= 11 is 0. The highest BCUT2D eigenvalue weighted by Gasteiger charge is 2.15. The lowest BCUT2D eigenvalue weighted by molar-refractivity contribution is 0.0965. The van der Waals surface area contributed by atoms with Crippen molar-refractivity contribution in [1.82, 2.24) is 19.7 Å². The van der Waals surface area contributed by atoms with Gasteiger partial charge in [-0.25, -0.2) is 13.8 Å². The monoisotopic (exact) mass is 444 g/mol. The van der Waals surface area contributed by atoms with Gasteiger partial charge in [-0.05, 0) is 57.2 Å². The van der Waals surface area contributed by atoms with E-state index in [4.69, 9.17) is 0 Å². The SMILES string of the molecule is C/C(F)=C\C=C(/C)NC(=O)c1cc(-c2cccn3c(-c4cccc(F)c4)ncc23)cnc1C. The highest BCUT2D eigenvalue weighted by atomic mass is 19.1. The van der Waals surface area contributed by atoms with Crippen LogP contribution in [0.2, 0.25) is 0 Å². The number of hydrogen-bond acceptors (Lipinski definition) is 3. The van der Waals surface area contributed by atoms with E-state index >= 15 is 0 Å². The number of fused-ring (bicyclic) bond motifs is 1. The molecular weight excluding hydrogens is 422 g/mol. The van der Waals surface area contributed by atoms with E-state index in [9.17, 15) is 13.6 Å². The maximum atomic E-state index is 13.7. The highest BCUT2D eigenvalue weighted by molar-refractivity contribution is 5.98. The molecule has 4 aromatic rings. The first kappa shape index (κ1) is 22.1. The number of carbonyl (C=O) groups is 1. The van der Waals surface area contributed by atoms with E-state index in [-0.39, 0.29) is 17.6 Å². The molecular formula is C26H22F2N4O. The van der Waals surface area contributed by atoms with Gasteiger partial charge in [-0.1, -0.05) is 18.2 Å². The molecule has 0 radical (unpaired) electrons. The van der Waals surface area contributed by atoms with Crippen LogP contribution >= 0.6 is 0 Å². The van der Waals surface area contributed by atoms with Crippen molar-refractivity contribution >= 4 is 11.4 Å². The molecule has 166 valence electrons. The third kappa shape index (κ3) is 4.72. The van der Waals surface area contributed by atoms with Crippen molar-refractivity contribution in [2.75, 3.05) is 0 Å². The van der Waals surface area contributed by atoms with Gasteiger partial charge in [-0.15, -0.1) is 0 Å². The fourth-order valence-electron chi connectivity index (χ4n) is 3.55. The first-order chi connectivity index (χ1) is 15.8. The number of hydrogen-bond donors (Lipinski definition) is 1. The molecule has 3 aromatic heterocycles. The Hall–Kier alpha value is -4.13. The summed E-state index contributed by atoms with van der Waals surface area (Å²) < 4.78 is 28.6. The predicted octanol–water partition coefficient (Wildman–Crippen LogP) is 6.02.